The molecule has 1 saturated heterocycles. The number of carbonyl (C=O) groups excluding carboxylic acids is 1. The van der Waals surface area contributed by atoms with E-state index in [0.717, 1.165) is 24.0 Å². The van der Waals surface area contributed by atoms with Gasteiger partial charge in [-0.2, -0.15) is 0 Å². The number of rotatable bonds is 12. The Labute approximate surface area is 229 Å². The smallest absolute Gasteiger partial charge is 0.265 e. The van der Waals surface area contributed by atoms with Gasteiger partial charge in [-0.05, 0) is 72.7 Å². The van der Waals surface area contributed by atoms with Gasteiger partial charge in [0, 0.05) is 39.1 Å². The first kappa shape index (κ1) is 28.7. The minimum atomic E-state index is -4.07. The molecule has 1 amide bonds. The minimum absolute atomic E-state index is 0.0241. The molecule has 9 nitrogen and oxygen atoms in total. The molecule has 2 heterocycles. The molecule has 4 rings (SSSR count). The molecular formula is C29H35N3O6S. The van der Waals surface area contributed by atoms with Crippen LogP contribution in [0, 0.1) is 0 Å². The fraction of sp³-hybridized carbons (Fsp3) is 0.379. The summed E-state index contributed by atoms with van der Waals surface area (Å²) in [6, 6.07) is 18.4. The van der Waals surface area contributed by atoms with Crippen LogP contribution < -0.4 is 10.2 Å². The maximum Gasteiger partial charge on any atom is 0.265 e. The van der Waals surface area contributed by atoms with Crippen molar-refractivity contribution in [3.63, 3.8) is 0 Å². The highest BCUT2D eigenvalue weighted by Crippen LogP contribution is 2.36. The largest absolute Gasteiger partial charge is 0.494 e. The number of methoxy groups -OCH3 is 1. The molecular weight excluding hydrogens is 518 g/mol. The van der Waals surface area contributed by atoms with Crippen LogP contribution in [0.25, 0.3) is 11.1 Å². The molecule has 208 valence electrons. The number of nitrogens with one attached hydrogen (secondary N) is 1. The second-order valence-corrected chi connectivity index (χ2v) is 11.9. The maximum absolute atomic E-state index is 13.6. The standard InChI is InChI=1S/C29H35N3O6S/c1-37-20-18-32-16-13-29(14-17-32,28(33)31-34)39(35,36)27-11-9-26(10-12-27)38-19-4-6-23-5-2-7-24(21-23)25-8-3-15-30-22-25/h2-3,5,7-12,15,21-22,34H,4,6,13-14,16-20H2,1H3,(H,31,33). The van der Waals surface area contributed by atoms with Crippen molar-refractivity contribution in [3.8, 4) is 16.9 Å². The molecule has 0 unspecified atom stereocenters. The van der Waals surface area contributed by atoms with Crippen LogP contribution in [0.1, 0.15) is 24.8 Å². The Hall–Kier alpha value is -3.31. The third-order valence-corrected chi connectivity index (χ3v) is 9.75. The van der Waals surface area contributed by atoms with Gasteiger partial charge < -0.3 is 14.4 Å². The van der Waals surface area contributed by atoms with E-state index in [9.17, 15) is 18.4 Å². The lowest BCUT2D eigenvalue weighted by atomic mass is 9.95. The number of nitrogens with zero attached hydrogens (tertiary/aromatic N) is 2. The molecule has 2 aromatic carbocycles. The van der Waals surface area contributed by atoms with Gasteiger partial charge >= 0.3 is 0 Å². The van der Waals surface area contributed by atoms with E-state index in [1.807, 2.05) is 29.3 Å². The van der Waals surface area contributed by atoms with E-state index in [4.69, 9.17) is 9.47 Å². The summed E-state index contributed by atoms with van der Waals surface area (Å²) in [5.74, 6) is -0.352. The van der Waals surface area contributed by atoms with E-state index in [-0.39, 0.29) is 17.7 Å². The number of aryl methyl sites for hydroxylation is 1. The first-order valence-electron chi connectivity index (χ1n) is 13.0. The van der Waals surface area contributed by atoms with Gasteiger partial charge in [-0.25, -0.2) is 13.9 Å². The Kier molecular flexibility index (Phi) is 9.68. The number of pyridine rings is 1. The minimum Gasteiger partial charge on any atom is -0.494 e. The van der Waals surface area contributed by atoms with Crippen LogP contribution in [0.3, 0.4) is 0 Å². The molecule has 1 aliphatic heterocycles. The lowest BCUT2D eigenvalue weighted by Gasteiger charge is -2.39. The zero-order valence-corrected chi connectivity index (χ0v) is 22.9. The van der Waals surface area contributed by atoms with Crippen molar-refractivity contribution >= 4 is 15.7 Å². The zero-order chi connectivity index (χ0) is 27.7. The van der Waals surface area contributed by atoms with E-state index in [0.29, 0.717) is 38.6 Å². The van der Waals surface area contributed by atoms with Gasteiger partial charge in [0.05, 0.1) is 18.1 Å². The van der Waals surface area contributed by atoms with E-state index in [2.05, 4.69) is 23.2 Å². The number of piperidine rings is 1. The predicted octanol–water partition coefficient (Wildman–Crippen LogP) is 3.52. The Morgan fingerprint density at radius 2 is 1.79 bits per heavy atom. The van der Waals surface area contributed by atoms with Gasteiger partial charge in [-0.15, -0.1) is 0 Å². The second-order valence-electron chi connectivity index (χ2n) is 9.64. The first-order chi connectivity index (χ1) is 18.9. The maximum atomic E-state index is 13.6. The van der Waals surface area contributed by atoms with E-state index in [1.165, 1.54) is 17.7 Å². The van der Waals surface area contributed by atoms with Crippen LogP contribution in [0.15, 0.2) is 78.0 Å². The molecule has 0 aliphatic carbocycles. The van der Waals surface area contributed by atoms with Gasteiger partial charge in [0.15, 0.2) is 14.6 Å². The van der Waals surface area contributed by atoms with Gasteiger partial charge in [0.1, 0.15) is 5.75 Å². The number of sulfone groups is 1. The third-order valence-electron chi connectivity index (χ3n) is 7.24. The lowest BCUT2D eigenvalue weighted by molar-refractivity contribution is -0.133. The number of ether oxygens (including phenoxy) is 2. The number of hydrogen-bond acceptors (Lipinski definition) is 8. The SMILES string of the molecule is COCCN1CCC(C(=O)NO)(S(=O)(=O)c2ccc(OCCCc3cccc(-c4cccnc4)c3)cc2)CC1. The summed E-state index contributed by atoms with van der Waals surface area (Å²) in [4.78, 5) is 18.9. The topological polar surface area (TPSA) is 118 Å². The summed E-state index contributed by atoms with van der Waals surface area (Å²) in [6.07, 6.45) is 5.37. The van der Waals surface area contributed by atoms with Crippen LogP contribution in [0.5, 0.6) is 5.75 Å². The highest BCUT2D eigenvalue weighted by molar-refractivity contribution is 7.93. The van der Waals surface area contributed by atoms with E-state index in [1.54, 1.807) is 30.9 Å². The summed E-state index contributed by atoms with van der Waals surface area (Å²) in [7, 11) is -2.47. The highest BCUT2D eigenvalue weighted by atomic mass is 32.2. The summed E-state index contributed by atoms with van der Waals surface area (Å²) >= 11 is 0. The average molecular weight is 554 g/mol. The first-order valence-corrected chi connectivity index (χ1v) is 14.5. The average Bonchev–Trinajstić information content (AvgIpc) is 2.99. The van der Waals surface area contributed by atoms with Crippen LogP contribution in [-0.4, -0.2) is 74.1 Å². The second kappa shape index (κ2) is 13.2. The zero-order valence-electron chi connectivity index (χ0n) is 22.1. The van der Waals surface area contributed by atoms with Gasteiger partial charge in [-0.3, -0.25) is 15.0 Å². The van der Waals surface area contributed by atoms with Gasteiger partial charge in [0.2, 0.25) is 0 Å². The van der Waals surface area contributed by atoms with Crippen LogP contribution >= 0.6 is 0 Å². The van der Waals surface area contributed by atoms with Crippen LogP contribution in [0.4, 0.5) is 0 Å². The highest BCUT2D eigenvalue weighted by Gasteiger charge is 2.52. The molecule has 1 fully saturated rings. The molecule has 10 heteroatoms. The van der Waals surface area contributed by atoms with Crippen molar-refractivity contribution < 1.29 is 27.9 Å². The van der Waals surface area contributed by atoms with Crippen molar-refractivity contribution in [1.82, 2.24) is 15.4 Å². The summed E-state index contributed by atoms with van der Waals surface area (Å²) < 4.78 is 36.5. The summed E-state index contributed by atoms with van der Waals surface area (Å²) in [6.45, 7) is 2.45. The molecule has 1 aliphatic rings. The van der Waals surface area contributed by atoms with E-state index < -0.39 is 20.5 Å². The van der Waals surface area contributed by atoms with Gasteiger partial charge in [-0.1, -0.05) is 30.3 Å². The molecule has 2 N–H and O–H groups in total. The Bertz CT molecular complexity index is 1320. The monoisotopic (exact) mass is 553 g/mol. The predicted molar refractivity (Wildman–Crippen MR) is 147 cm³/mol. The fourth-order valence-electron chi connectivity index (χ4n) is 4.92. The number of hydroxylamine groups is 1. The normalized spacial score (nSPS) is 15.5. The number of likely N-dealkylation sites (tertiary alicyclic amines) is 1. The summed E-state index contributed by atoms with van der Waals surface area (Å²) in [5.41, 5.74) is 4.98. The third kappa shape index (κ3) is 6.65. The Morgan fingerprint density at radius 1 is 1.05 bits per heavy atom. The molecule has 3 aromatic rings. The number of aromatic nitrogens is 1. The van der Waals surface area contributed by atoms with Crippen molar-refractivity contribution in [1.29, 1.82) is 0 Å². The van der Waals surface area contributed by atoms with Crippen molar-refractivity contribution in [2.75, 3.05) is 40.0 Å². The van der Waals surface area contributed by atoms with Crippen LogP contribution in [-0.2, 0) is 25.8 Å². The Balaban J connectivity index is 1.35. The number of carbonyl (C=O) groups is 1. The number of amides is 1. The van der Waals surface area contributed by atoms with Crippen molar-refractivity contribution in [3.05, 3.63) is 78.6 Å². The molecule has 0 saturated carbocycles. The fourth-order valence-corrected chi connectivity index (χ4v) is 6.88. The Morgan fingerprint density at radius 3 is 2.46 bits per heavy atom. The van der Waals surface area contributed by atoms with Crippen LogP contribution in [0.2, 0.25) is 0 Å². The van der Waals surface area contributed by atoms with E-state index >= 15 is 0 Å². The molecule has 1 aromatic heterocycles. The lowest BCUT2D eigenvalue weighted by Crippen LogP contribution is -2.57. The summed E-state index contributed by atoms with van der Waals surface area (Å²) in [5, 5.41) is 9.37. The molecule has 0 spiro atoms. The van der Waals surface area contributed by atoms with Crippen molar-refractivity contribution in [2.45, 2.75) is 35.3 Å². The molecule has 0 bridgehead atoms. The van der Waals surface area contributed by atoms with Crippen molar-refractivity contribution in [2.24, 2.45) is 0 Å². The molecule has 39 heavy (non-hydrogen) atoms. The number of benzene rings is 2. The quantitative estimate of drug-likeness (QED) is 0.199. The van der Waals surface area contributed by atoms with Gasteiger partial charge in [0.25, 0.3) is 5.91 Å². The number of hydrogen-bond donors (Lipinski definition) is 2. The molecule has 0 atom stereocenters. The molecule has 0 radical (unpaired) electrons.